The fourth-order valence-electron chi connectivity index (χ4n) is 1.69. The molecule has 9 heteroatoms. The molecule has 0 saturated carbocycles. The number of halogens is 1. The third-order valence-electron chi connectivity index (χ3n) is 2.76. The van der Waals surface area contributed by atoms with Crippen molar-refractivity contribution in [2.45, 2.75) is 10.6 Å². The number of aromatic hydroxyl groups is 1. The second kappa shape index (κ2) is 6.63. The van der Waals surface area contributed by atoms with Gasteiger partial charge in [0.25, 0.3) is 5.75 Å². The molecule has 0 bridgehead atoms. The van der Waals surface area contributed by atoms with Crippen LogP contribution in [-0.2, 0) is 5.75 Å². The fraction of sp³-hybridized carbons (Fsp3) is 0.0769. The van der Waals surface area contributed by atoms with Gasteiger partial charge in [0.1, 0.15) is 0 Å². The summed E-state index contributed by atoms with van der Waals surface area (Å²) < 4.78 is 0. The topological polar surface area (TPSA) is 107 Å². The number of nitro benzene ring substituents is 2. The molecule has 0 fully saturated rings. The van der Waals surface area contributed by atoms with Gasteiger partial charge in [-0.1, -0.05) is 23.7 Å². The average Bonchev–Trinajstić information content (AvgIpc) is 2.47. The average molecular weight is 341 g/mol. The molecule has 0 radical (unpaired) electrons. The summed E-state index contributed by atoms with van der Waals surface area (Å²) in [6.45, 7) is 0. The maximum atomic E-state index is 10.9. The Bertz CT molecular complexity index is 701. The molecule has 7 nitrogen and oxygen atoms in total. The van der Waals surface area contributed by atoms with Crippen LogP contribution in [0, 0.1) is 20.2 Å². The Morgan fingerprint density at radius 3 is 2.00 bits per heavy atom. The van der Waals surface area contributed by atoms with E-state index in [-0.39, 0.29) is 0 Å². The number of benzene rings is 2. The van der Waals surface area contributed by atoms with E-state index in [0.717, 1.165) is 17.7 Å². The van der Waals surface area contributed by atoms with Crippen molar-refractivity contribution in [3.05, 3.63) is 67.2 Å². The molecule has 0 aliphatic rings. The molecule has 0 amide bonds. The molecule has 0 saturated heterocycles. The fourth-order valence-corrected chi connectivity index (χ4v) is 2.73. The van der Waals surface area contributed by atoms with Crippen molar-refractivity contribution >= 4 is 34.7 Å². The van der Waals surface area contributed by atoms with E-state index < -0.39 is 27.0 Å². The quantitative estimate of drug-likeness (QED) is 0.497. The van der Waals surface area contributed by atoms with Crippen molar-refractivity contribution in [1.82, 2.24) is 0 Å². The van der Waals surface area contributed by atoms with Gasteiger partial charge in [-0.25, -0.2) is 0 Å². The molecule has 0 aromatic heterocycles. The second-order valence-corrected chi connectivity index (χ2v) is 5.72. The summed E-state index contributed by atoms with van der Waals surface area (Å²) in [5.41, 5.74) is -0.464. The Kier molecular flexibility index (Phi) is 4.84. The minimum atomic E-state index is -0.939. The number of nitrogens with zero attached hydrogens (tertiary/aromatic N) is 2. The predicted octanol–water partition coefficient (Wildman–Crippen LogP) is 4.15. The Labute approximate surface area is 133 Å². The van der Waals surface area contributed by atoms with Crippen molar-refractivity contribution in [3.8, 4) is 5.75 Å². The van der Waals surface area contributed by atoms with E-state index in [0.29, 0.717) is 15.7 Å². The zero-order chi connectivity index (χ0) is 16.3. The molecule has 2 aromatic carbocycles. The molecule has 114 valence electrons. The highest BCUT2D eigenvalue weighted by atomic mass is 35.5. The Balaban J connectivity index is 2.28. The van der Waals surface area contributed by atoms with Gasteiger partial charge in [0.2, 0.25) is 0 Å². The third-order valence-corrected chi connectivity index (χ3v) is 4.05. The number of phenolic OH excluding ortho intramolecular Hbond substituents is 1. The lowest BCUT2D eigenvalue weighted by Gasteiger charge is -2.04. The zero-order valence-electron chi connectivity index (χ0n) is 10.9. The normalized spacial score (nSPS) is 10.4. The van der Waals surface area contributed by atoms with Gasteiger partial charge in [-0.3, -0.25) is 20.2 Å². The van der Waals surface area contributed by atoms with Crippen molar-refractivity contribution in [3.63, 3.8) is 0 Å². The molecule has 2 rings (SSSR count). The number of hydrogen-bond acceptors (Lipinski definition) is 6. The van der Waals surface area contributed by atoms with Gasteiger partial charge in [-0.05, 0) is 17.7 Å². The van der Waals surface area contributed by atoms with Gasteiger partial charge in [-0.15, -0.1) is 11.8 Å². The van der Waals surface area contributed by atoms with E-state index in [1.807, 2.05) is 0 Å². The van der Waals surface area contributed by atoms with Crippen LogP contribution in [0.15, 0.2) is 41.3 Å². The summed E-state index contributed by atoms with van der Waals surface area (Å²) in [4.78, 5) is 20.3. The Morgan fingerprint density at radius 1 is 1.05 bits per heavy atom. The third kappa shape index (κ3) is 3.66. The lowest BCUT2D eigenvalue weighted by Crippen LogP contribution is -1.95. The molecule has 0 aliphatic carbocycles. The van der Waals surface area contributed by atoms with Crippen molar-refractivity contribution in [1.29, 1.82) is 0 Å². The van der Waals surface area contributed by atoms with Crippen LogP contribution in [0.5, 0.6) is 5.75 Å². The van der Waals surface area contributed by atoms with Gasteiger partial charge >= 0.3 is 11.4 Å². The molecule has 0 heterocycles. The first-order chi connectivity index (χ1) is 10.4. The van der Waals surface area contributed by atoms with Crippen molar-refractivity contribution < 1.29 is 15.0 Å². The van der Waals surface area contributed by atoms with Gasteiger partial charge in [0.15, 0.2) is 0 Å². The van der Waals surface area contributed by atoms with Crippen LogP contribution >= 0.6 is 23.4 Å². The van der Waals surface area contributed by atoms with Gasteiger partial charge in [0.05, 0.1) is 9.85 Å². The minimum absolute atomic E-state index is 0.325. The highest BCUT2D eigenvalue weighted by Gasteiger charge is 2.26. The number of thioether (sulfide) groups is 1. The van der Waals surface area contributed by atoms with E-state index in [9.17, 15) is 25.3 Å². The summed E-state index contributed by atoms with van der Waals surface area (Å²) in [6.07, 6.45) is 0. The lowest BCUT2D eigenvalue weighted by molar-refractivity contribution is -0.396. The van der Waals surface area contributed by atoms with Crippen LogP contribution in [0.4, 0.5) is 11.4 Å². The van der Waals surface area contributed by atoms with Crippen LogP contribution < -0.4 is 0 Å². The first-order valence-corrected chi connectivity index (χ1v) is 7.28. The summed E-state index contributed by atoms with van der Waals surface area (Å²) >= 11 is 6.96. The smallest absolute Gasteiger partial charge is 0.319 e. The van der Waals surface area contributed by atoms with Crippen LogP contribution in [0.2, 0.25) is 5.02 Å². The largest absolute Gasteiger partial charge is 0.497 e. The standard InChI is InChI=1S/C13H9ClN2O5S/c14-9-3-1-8(2-4-9)7-22-10-5-11(15(18)19)13(17)12(6-10)16(20)21/h1-6,17H,7H2. The van der Waals surface area contributed by atoms with Gasteiger partial charge < -0.3 is 5.11 Å². The zero-order valence-corrected chi connectivity index (χ0v) is 12.5. The second-order valence-electron chi connectivity index (χ2n) is 4.24. The molecular formula is C13H9ClN2O5S. The summed E-state index contributed by atoms with van der Waals surface area (Å²) in [7, 11) is 0. The van der Waals surface area contributed by atoms with Crippen LogP contribution in [0.1, 0.15) is 5.56 Å². The monoisotopic (exact) mass is 340 g/mol. The molecule has 0 unspecified atom stereocenters. The maximum Gasteiger partial charge on any atom is 0.319 e. The van der Waals surface area contributed by atoms with Crippen molar-refractivity contribution in [2.24, 2.45) is 0 Å². The SMILES string of the molecule is O=[N+]([O-])c1cc(SCc2ccc(Cl)cc2)cc([N+](=O)[O-])c1O. The molecule has 22 heavy (non-hydrogen) atoms. The van der Waals surface area contributed by atoms with Crippen LogP contribution in [0.25, 0.3) is 0 Å². The molecule has 0 spiro atoms. The molecule has 1 N–H and O–H groups in total. The molecule has 2 aromatic rings. The molecule has 0 aliphatic heterocycles. The number of nitro groups is 2. The van der Waals surface area contributed by atoms with E-state index >= 15 is 0 Å². The van der Waals surface area contributed by atoms with Crippen LogP contribution in [0.3, 0.4) is 0 Å². The number of rotatable bonds is 5. The van der Waals surface area contributed by atoms with E-state index in [4.69, 9.17) is 11.6 Å². The van der Waals surface area contributed by atoms with Crippen molar-refractivity contribution in [2.75, 3.05) is 0 Å². The van der Waals surface area contributed by atoms with Gasteiger partial charge in [0, 0.05) is 27.8 Å². The summed E-state index contributed by atoms with van der Waals surface area (Å²) in [6, 6.07) is 9.22. The van der Waals surface area contributed by atoms with Gasteiger partial charge in [-0.2, -0.15) is 0 Å². The number of hydrogen-bond donors (Lipinski definition) is 1. The minimum Gasteiger partial charge on any atom is -0.497 e. The van der Waals surface area contributed by atoms with E-state index in [1.165, 1.54) is 11.8 Å². The predicted molar refractivity (Wildman–Crippen MR) is 82.4 cm³/mol. The maximum absolute atomic E-state index is 10.9. The first-order valence-electron chi connectivity index (χ1n) is 5.91. The summed E-state index contributed by atoms with van der Waals surface area (Å²) in [5, 5.41) is 31.9. The molecular weight excluding hydrogens is 332 g/mol. The van der Waals surface area contributed by atoms with Crippen LogP contribution in [-0.4, -0.2) is 15.0 Å². The first kappa shape index (κ1) is 16.1. The van der Waals surface area contributed by atoms with E-state index in [2.05, 4.69) is 0 Å². The Hall–Kier alpha value is -2.32. The molecule has 0 atom stereocenters. The summed E-state index contributed by atoms with van der Waals surface area (Å²) in [5.74, 6) is -0.484. The highest BCUT2D eigenvalue weighted by Crippen LogP contribution is 2.40. The number of phenols is 1. The Morgan fingerprint density at radius 2 is 1.55 bits per heavy atom. The highest BCUT2D eigenvalue weighted by molar-refractivity contribution is 7.98. The van der Waals surface area contributed by atoms with E-state index in [1.54, 1.807) is 24.3 Å². The lowest BCUT2D eigenvalue weighted by atomic mass is 10.2.